The number of fused-ring (bicyclic) bond motifs is 1. The van der Waals surface area contributed by atoms with E-state index in [4.69, 9.17) is 0 Å². The Kier molecular flexibility index (Phi) is 3.96. The number of hydrogen-bond donors (Lipinski definition) is 0. The summed E-state index contributed by atoms with van der Waals surface area (Å²) in [5.74, 6) is 0. The summed E-state index contributed by atoms with van der Waals surface area (Å²) in [4.78, 5) is 2.78. The van der Waals surface area contributed by atoms with Crippen molar-refractivity contribution in [2.24, 2.45) is 5.41 Å². The highest BCUT2D eigenvalue weighted by Gasteiger charge is 2.32. The van der Waals surface area contributed by atoms with Gasteiger partial charge in [-0.15, -0.1) is 0 Å². The standard InChI is InChI=1S/C21H29N2/c1-21(2)12-7-18(8-13-21)22-14-10-19(11-15-22)23-16-9-17-5-3-4-6-20(17)23/h3-6,9,18-19H,7-8,10-15H2,1-2H3. The average molecular weight is 309 g/mol. The van der Waals surface area contributed by atoms with Crippen LogP contribution in [0.4, 0.5) is 0 Å². The summed E-state index contributed by atoms with van der Waals surface area (Å²) in [6.07, 6.45) is 11.6. The monoisotopic (exact) mass is 309 g/mol. The lowest BCUT2D eigenvalue weighted by atomic mass is 9.75. The summed E-state index contributed by atoms with van der Waals surface area (Å²) < 4.78 is 2.40. The van der Waals surface area contributed by atoms with Crippen LogP contribution in [0, 0.1) is 11.6 Å². The molecule has 0 N–H and O–H groups in total. The molecule has 0 spiro atoms. The predicted molar refractivity (Wildman–Crippen MR) is 96.7 cm³/mol. The molecule has 1 radical (unpaired) electrons. The van der Waals surface area contributed by atoms with Gasteiger partial charge >= 0.3 is 0 Å². The lowest BCUT2D eigenvalue weighted by Crippen LogP contribution is -2.44. The molecule has 1 saturated carbocycles. The van der Waals surface area contributed by atoms with Crippen LogP contribution in [0.2, 0.25) is 0 Å². The van der Waals surface area contributed by atoms with Crippen molar-refractivity contribution in [3.05, 3.63) is 36.5 Å². The molecular formula is C21H29N2. The molecule has 2 heteroatoms. The van der Waals surface area contributed by atoms with Gasteiger partial charge in [-0.25, -0.2) is 0 Å². The smallest absolute Gasteiger partial charge is 0.0662 e. The fraction of sp³-hybridized carbons (Fsp3) is 0.619. The molecule has 1 aromatic heterocycles. The molecule has 1 aromatic carbocycles. The third-order valence-electron chi connectivity index (χ3n) is 6.24. The average Bonchev–Trinajstić information content (AvgIpc) is 2.99. The Morgan fingerprint density at radius 2 is 1.65 bits per heavy atom. The maximum atomic E-state index is 3.49. The molecule has 0 atom stereocenters. The van der Waals surface area contributed by atoms with Crippen LogP contribution in [-0.4, -0.2) is 28.6 Å². The minimum absolute atomic E-state index is 0.577. The second-order valence-corrected chi connectivity index (χ2v) is 8.36. The quantitative estimate of drug-likeness (QED) is 0.754. The van der Waals surface area contributed by atoms with Gasteiger partial charge < -0.3 is 9.47 Å². The van der Waals surface area contributed by atoms with E-state index >= 15 is 0 Å². The number of para-hydroxylation sites is 1. The predicted octanol–water partition coefficient (Wildman–Crippen LogP) is 5.05. The van der Waals surface area contributed by atoms with Crippen LogP contribution < -0.4 is 0 Å². The molecule has 1 saturated heterocycles. The van der Waals surface area contributed by atoms with E-state index in [2.05, 4.69) is 59.8 Å². The summed E-state index contributed by atoms with van der Waals surface area (Å²) in [6.45, 7) is 7.39. The van der Waals surface area contributed by atoms with Gasteiger partial charge in [0.2, 0.25) is 0 Å². The highest BCUT2D eigenvalue weighted by Crippen LogP contribution is 2.38. The SMILES string of the molecule is CC1(C)CCC(N2CCC(n3[c]cc4ccccc43)CC2)CC1. The normalized spacial score (nSPS) is 24.3. The van der Waals surface area contributed by atoms with E-state index in [1.165, 1.54) is 62.5 Å². The van der Waals surface area contributed by atoms with E-state index in [1.807, 2.05) is 0 Å². The summed E-state index contributed by atoms with van der Waals surface area (Å²) in [5.41, 5.74) is 1.93. The lowest BCUT2D eigenvalue weighted by molar-refractivity contribution is 0.0779. The Balaban J connectivity index is 1.40. The second kappa shape index (κ2) is 5.98. The van der Waals surface area contributed by atoms with Crippen molar-refractivity contribution >= 4 is 10.9 Å². The van der Waals surface area contributed by atoms with Gasteiger partial charge in [0.25, 0.3) is 0 Å². The van der Waals surface area contributed by atoms with E-state index in [9.17, 15) is 0 Å². The summed E-state index contributed by atoms with van der Waals surface area (Å²) in [5, 5.41) is 1.32. The Hall–Kier alpha value is -1.28. The summed E-state index contributed by atoms with van der Waals surface area (Å²) >= 11 is 0. The second-order valence-electron chi connectivity index (χ2n) is 8.36. The minimum atomic E-state index is 0.577. The zero-order chi connectivity index (χ0) is 15.9. The van der Waals surface area contributed by atoms with E-state index in [1.54, 1.807) is 0 Å². The number of rotatable bonds is 2. The first-order valence-electron chi connectivity index (χ1n) is 9.34. The van der Waals surface area contributed by atoms with Crippen molar-refractivity contribution in [2.45, 2.75) is 64.5 Å². The maximum Gasteiger partial charge on any atom is 0.0662 e. The first-order valence-corrected chi connectivity index (χ1v) is 9.34. The molecule has 1 aliphatic carbocycles. The van der Waals surface area contributed by atoms with Crippen molar-refractivity contribution in [1.82, 2.24) is 9.47 Å². The Labute approximate surface area is 140 Å². The van der Waals surface area contributed by atoms with Crippen LogP contribution in [0.5, 0.6) is 0 Å². The molecule has 123 valence electrons. The number of aromatic nitrogens is 1. The number of benzene rings is 1. The zero-order valence-corrected chi connectivity index (χ0v) is 14.6. The van der Waals surface area contributed by atoms with Gasteiger partial charge in [0.05, 0.1) is 6.20 Å². The molecule has 0 bridgehead atoms. The molecule has 2 aromatic rings. The summed E-state index contributed by atoms with van der Waals surface area (Å²) in [6, 6.07) is 12.3. The van der Waals surface area contributed by atoms with E-state index < -0.39 is 0 Å². The first-order chi connectivity index (χ1) is 11.1. The van der Waals surface area contributed by atoms with Gasteiger partial charge in [0.1, 0.15) is 0 Å². The van der Waals surface area contributed by atoms with Crippen LogP contribution >= 0.6 is 0 Å². The molecule has 2 aliphatic rings. The number of likely N-dealkylation sites (tertiary alicyclic amines) is 1. The molecular weight excluding hydrogens is 280 g/mol. The van der Waals surface area contributed by atoms with Crippen molar-refractivity contribution in [2.75, 3.05) is 13.1 Å². The van der Waals surface area contributed by atoms with E-state index in [0.717, 1.165) is 6.04 Å². The lowest BCUT2D eigenvalue weighted by Gasteiger charge is -2.43. The highest BCUT2D eigenvalue weighted by atomic mass is 15.2. The third-order valence-corrected chi connectivity index (χ3v) is 6.24. The fourth-order valence-electron chi connectivity index (χ4n) is 4.60. The van der Waals surface area contributed by atoms with Gasteiger partial charge in [-0.1, -0.05) is 32.0 Å². The third kappa shape index (κ3) is 3.06. The molecule has 1 aliphatic heterocycles. The van der Waals surface area contributed by atoms with Gasteiger partial charge in [-0.2, -0.15) is 0 Å². The number of nitrogens with zero attached hydrogens (tertiary/aromatic N) is 2. The van der Waals surface area contributed by atoms with Crippen LogP contribution in [-0.2, 0) is 0 Å². The van der Waals surface area contributed by atoms with Gasteiger partial charge in [0.15, 0.2) is 0 Å². The zero-order valence-electron chi connectivity index (χ0n) is 14.6. The highest BCUT2D eigenvalue weighted by molar-refractivity contribution is 5.79. The maximum absolute atomic E-state index is 3.49. The molecule has 2 fully saturated rings. The van der Waals surface area contributed by atoms with Gasteiger partial charge in [-0.05, 0) is 56.1 Å². The molecule has 0 amide bonds. The first kappa shape index (κ1) is 15.3. The van der Waals surface area contributed by atoms with Crippen molar-refractivity contribution in [3.63, 3.8) is 0 Å². The molecule has 2 nitrogen and oxygen atoms in total. The molecule has 23 heavy (non-hydrogen) atoms. The van der Waals surface area contributed by atoms with Crippen LogP contribution in [0.15, 0.2) is 30.3 Å². The minimum Gasteiger partial charge on any atom is -0.336 e. The largest absolute Gasteiger partial charge is 0.336 e. The summed E-state index contributed by atoms with van der Waals surface area (Å²) in [7, 11) is 0. The van der Waals surface area contributed by atoms with Gasteiger partial charge in [-0.3, -0.25) is 0 Å². The Morgan fingerprint density at radius 1 is 0.957 bits per heavy atom. The van der Waals surface area contributed by atoms with Crippen molar-refractivity contribution < 1.29 is 0 Å². The molecule has 0 unspecified atom stereocenters. The number of piperidine rings is 1. The van der Waals surface area contributed by atoms with Crippen LogP contribution in [0.25, 0.3) is 10.9 Å². The van der Waals surface area contributed by atoms with E-state index in [-0.39, 0.29) is 0 Å². The Bertz CT molecular complexity index is 651. The fourth-order valence-corrected chi connectivity index (χ4v) is 4.60. The Morgan fingerprint density at radius 3 is 2.39 bits per heavy atom. The van der Waals surface area contributed by atoms with Crippen LogP contribution in [0.3, 0.4) is 0 Å². The van der Waals surface area contributed by atoms with Crippen LogP contribution in [0.1, 0.15) is 58.4 Å². The van der Waals surface area contributed by atoms with Crippen molar-refractivity contribution in [1.29, 1.82) is 0 Å². The topological polar surface area (TPSA) is 8.17 Å². The van der Waals surface area contributed by atoms with Gasteiger partial charge in [0, 0.05) is 36.1 Å². The van der Waals surface area contributed by atoms with E-state index in [0.29, 0.717) is 11.5 Å². The van der Waals surface area contributed by atoms with Crippen molar-refractivity contribution in [3.8, 4) is 0 Å². The molecule has 4 rings (SSSR count). The number of hydrogen-bond acceptors (Lipinski definition) is 1. The molecule has 2 heterocycles.